The van der Waals surface area contributed by atoms with E-state index in [9.17, 15) is 0 Å². The van der Waals surface area contributed by atoms with Crippen molar-refractivity contribution in [3.8, 4) is 0 Å². The molecule has 2 N–H and O–H groups in total. The Morgan fingerprint density at radius 1 is 1.25 bits per heavy atom. The van der Waals surface area contributed by atoms with Crippen molar-refractivity contribution in [1.82, 2.24) is 0 Å². The van der Waals surface area contributed by atoms with E-state index >= 15 is 0 Å². The van der Waals surface area contributed by atoms with Crippen LogP contribution in [0, 0.1) is 0 Å². The maximum Gasteiger partial charge on any atom is 0.0954 e. The number of rotatable bonds is 3. The molecule has 1 aromatic carbocycles. The molecule has 0 aromatic heterocycles. The zero-order valence-electron chi connectivity index (χ0n) is 6.72. The summed E-state index contributed by atoms with van der Waals surface area (Å²) in [6.07, 6.45) is 2.58. The minimum Gasteiger partial charge on any atom is -0.393 e. The molecule has 0 fully saturated rings. The van der Waals surface area contributed by atoms with Crippen LogP contribution in [-0.4, -0.2) is 22.9 Å². The molecule has 1 atom stereocenters. The van der Waals surface area contributed by atoms with Gasteiger partial charge < -0.3 is 10.2 Å². The van der Waals surface area contributed by atoms with Gasteiger partial charge in [0.15, 0.2) is 0 Å². The lowest BCUT2D eigenvalue weighted by molar-refractivity contribution is 0.131. The number of hydrogen-bond acceptors (Lipinski definition) is 2. The van der Waals surface area contributed by atoms with E-state index in [0.29, 0.717) is 0 Å². The molecule has 0 radical (unpaired) electrons. The quantitative estimate of drug-likeness (QED) is 0.701. The van der Waals surface area contributed by atoms with Gasteiger partial charge in [0.25, 0.3) is 0 Å². The molecule has 2 heteroatoms. The highest BCUT2D eigenvalue weighted by molar-refractivity contribution is 5.49. The van der Waals surface area contributed by atoms with Crippen LogP contribution < -0.4 is 0 Å². The van der Waals surface area contributed by atoms with E-state index < -0.39 is 6.10 Å². The summed E-state index contributed by atoms with van der Waals surface area (Å²) < 4.78 is 0. The maximum absolute atomic E-state index is 8.98. The summed E-state index contributed by atoms with van der Waals surface area (Å²) in [6.45, 7) is -0.233. The highest BCUT2D eigenvalue weighted by Crippen LogP contribution is 2.01. The molecule has 0 aliphatic heterocycles. The largest absolute Gasteiger partial charge is 0.393 e. The molecule has 64 valence electrons. The summed E-state index contributed by atoms with van der Waals surface area (Å²) in [5, 5.41) is 17.5. The van der Waals surface area contributed by atoms with E-state index in [0.717, 1.165) is 5.56 Å². The third-order valence-corrected chi connectivity index (χ3v) is 1.50. The van der Waals surface area contributed by atoms with Crippen LogP contribution in [0.2, 0.25) is 0 Å². The molecule has 0 saturated carbocycles. The summed E-state index contributed by atoms with van der Waals surface area (Å²) in [5.74, 6) is 0. The van der Waals surface area contributed by atoms with Crippen LogP contribution in [-0.2, 0) is 0 Å². The van der Waals surface area contributed by atoms with Gasteiger partial charge in [-0.15, -0.1) is 0 Å². The topological polar surface area (TPSA) is 40.5 Å². The zero-order valence-corrected chi connectivity index (χ0v) is 6.72. The second-order valence-corrected chi connectivity index (χ2v) is 2.52. The molecule has 1 aromatic rings. The first-order valence-corrected chi connectivity index (χ1v) is 3.85. The Labute approximate surface area is 71.8 Å². The second kappa shape index (κ2) is 4.70. The van der Waals surface area contributed by atoms with Gasteiger partial charge in [-0.05, 0) is 5.56 Å². The maximum atomic E-state index is 8.98. The SMILES string of the molecule is OC[C@@H](O)/C=C/c1ccccc1. The molecule has 12 heavy (non-hydrogen) atoms. The third-order valence-electron chi connectivity index (χ3n) is 1.50. The standard InChI is InChI=1S/C10H12O2/c11-8-10(12)7-6-9-4-2-1-3-5-9/h1-7,10-12H,8H2/b7-6+/t10-/m0/s1. The molecule has 2 nitrogen and oxygen atoms in total. The molecule has 1 rings (SSSR count). The van der Waals surface area contributed by atoms with Crippen molar-refractivity contribution < 1.29 is 10.2 Å². The Hall–Kier alpha value is -1.12. The Morgan fingerprint density at radius 2 is 1.92 bits per heavy atom. The van der Waals surface area contributed by atoms with E-state index in [1.165, 1.54) is 0 Å². The number of benzene rings is 1. The van der Waals surface area contributed by atoms with Crippen molar-refractivity contribution in [2.45, 2.75) is 6.10 Å². The van der Waals surface area contributed by atoms with Crippen molar-refractivity contribution in [3.05, 3.63) is 42.0 Å². The average molecular weight is 164 g/mol. The van der Waals surface area contributed by atoms with Gasteiger partial charge in [0.1, 0.15) is 0 Å². The molecule has 0 aliphatic rings. The Kier molecular flexibility index (Phi) is 3.51. The molecule has 0 saturated heterocycles. The summed E-state index contributed by atoms with van der Waals surface area (Å²) in [4.78, 5) is 0. The van der Waals surface area contributed by atoms with Gasteiger partial charge in [0.2, 0.25) is 0 Å². The Morgan fingerprint density at radius 3 is 2.50 bits per heavy atom. The first-order valence-electron chi connectivity index (χ1n) is 3.85. The predicted octanol–water partition coefficient (Wildman–Crippen LogP) is 1.05. The highest BCUT2D eigenvalue weighted by Gasteiger charge is 1.92. The normalized spacial score (nSPS) is 13.5. The van der Waals surface area contributed by atoms with Crippen LogP contribution in [0.1, 0.15) is 5.56 Å². The first kappa shape index (κ1) is 8.97. The monoisotopic (exact) mass is 164 g/mol. The predicted molar refractivity (Wildman–Crippen MR) is 48.6 cm³/mol. The summed E-state index contributed by atoms with van der Waals surface area (Å²) in [5.41, 5.74) is 1.02. The third kappa shape index (κ3) is 2.86. The molecule has 0 aliphatic carbocycles. The fourth-order valence-corrected chi connectivity index (χ4v) is 0.847. The summed E-state index contributed by atoms with van der Waals surface area (Å²) >= 11 is 0. The van der Waals surface area contributed by atoms with Gasteiger partial charge in [-0.1, -0.05) is 42.5 Å². The van der Waals surface area contributed by atoms with Crippen LogP contribution in [0.15, 0.2) is 36.4 Å². The minimum atomic E-state index is -0.759. The van der Waals surface area contributed by atoms with Gasteiger partial charge in [-0.25, -0.2) is 0 Å². The minimum absolute atomic E-state index is 0.233. The number of aliphatic hydroxyl groups excluding tert-OH is 2. The first-order chi connectivity index (χ1) is 5.83. The van der Waals surface area contributed by atoms with Gasteiger partial charge >= 0.3 is 0 Å². The van der Waals surface area contributed by atoms with E-state index in [-0.39, 0.29) is 6.61 Å². The van der Waals surface area contributed by atoms with E-state index in [2.05, 4.69) is 0 Å². The Balaban J connectivity index is 2.58. The van der Waals surface area contributed by atoms with Gasteiger partial charge in [-0.3, -0.25) is 0 Å². The van der Waals surface area contributed by atoms with E-state index in [4.69, 9.17) is 10.2 Å². The lowest BCUT2D eigenvalue weighted by Crippen LogP contribution is -2.06. The van der Waals surface area contributed by atoms with Gasteiger partial charge in [0.05, 0.1) is 12.7 Å². The second-order valence-electron chi connectivity index (χ2n) is 2.52. The van der Waals surface area contributed by atoms with Crippen molar-refractivity contribution in [1.29, 1.82) is 0 Å². The van der Waals surface area contributed by atoms with Crippen LogP contribution >= 0.6 is 0 Å². The van der Waals surface area contributed by atoms with Crippen LogP contribution in [0.4, 0.5) is 0 Å². The Bertz CT molecular complexity index is 241. The summed E-state index contributed by atoms with van der Waals surface area (Å²) in [6, 6.07) is 9.64. The van der Waals surface area contributed by atoms with Crippen molar-refractivity contribution in [3.63, 3.8) is 0 Å². The van der Waals surface area contributed by atoms with Gasteiger partial charge in [0, 0.05) is 0 Å². The molecule has 0 amide bonds. The van der Waals surface area contributed by atoms with Crippen molar-refractivity contribution >= 4 is 6.08 Å². The average Bonchev–Trinajstić information content (AvgIpc) is 2.16. The molecular formula is C10H12O2. The van der Waals surface area contributed by atoms with Crippen LogP contribution in [0.25, 0.3) is 6.08 Å². The number of aliphatic hydroxyl groups is 2. The van der Waals surface area contributed by atoms with Crippen LogP contribution in [0.3, 0.4) is 0 Å². The van der Waals surface area contributed by atoms with Gasteiger partial charge in [-0.2, -0.15) is 0 Å². The lowest BCUT2D eigenvalue weighted by Gasteiger charge is -1.97. The van der Waals surface area contributed by atoms with Crippen LogP contribution in [0.5, 0.6) is 0 Å². The number of hydrogen-bond donors (Lipinski definition) is 2. The molecule has 0 bridgehead atoms. The summed E-state index contributed by atoms with van der Waals surface area (Å²) in [7, 11) is 0. The lowest BCUT2D eigenvalue weighted by atomic mass is 10.2. The molecular weight excluding hydrogens is 152 g/mol. The highest BCUT2D eigenvalue weighted by atomic mass is 16.3. The molecule has 0 spiro atoms. The zero-order chi connectivity index (χ0) is 8.81. The smallest absolute Gasteiger partial charge is 0.0954 e. The van der Waals surface area contributed by atoms with E-state index in [1.807, 2.05) is 30.3 Å². The van der Waals surface area contributed by atoms with Crippen molar-refractivity contribution in [2.75, 3.05) is 6.61 Å². The fourth-order valence-electron chi connectivity index (χ4n) is 0.847. The van der Waals surface area contributed by atoms with E-state index in [1.54, 1.807) is 12.2 Å². The molecule has 0 unspecified atom stereocenters. The van der Waals surface area contributed by atoms with Crippen molar-refractivity contribution in [2.24, 2.45) is 0 Å². The fraction of sp³-hybridized carbons (Fsp3) is 0.200. The molecule has 0 heterocycles.